The van der Waals surface area contributed by atoms with Gasteiger partial charge in [0, 0.05) is 6.04 Å². The number of carbonyl (C=O) groups excluding carboxylic acids is 2. The lowest BCUT2D eigenvalue weighted by Crippen LogP contribution is -2.40. The van der Waals surface area contributed by atoms with Crippen molar-refractivity contribution < 1.29 is 9.59 Å². The highest BCUT2D eigenvalue weighted by Crippen LogP contribution is 2.07. The van der Waals surface area contributed by atoms with Gasteiger partial charge in [-0.05, 0) is 24.8 Å². The van der Waals surface area contributed by atoms with E-state index >= 15 is 0 Å². The third-order valence-corrected chi connectivity index (χ3v) is 3.92. The second-order valence-corrected chi connectivity index (χ2v) is 5.93. The Labute approximate surface area is 125 Å². The van der Waals surface area contributed by atoms with Gasteiger partial charge in [0.15, 0.2) is 0 Å². The zero-order valence-electron chi connectivity index (χ0n) is 12.3. The highest BCUT2D eigenvalue weighted by atomic mass is 32.1. The van der Waals surface area contributed by atoms with Gasteiger partial charge in [0.05, 0.1) is 11.4 Å². The van der Waals surface area contributed by atoms with Gasteiger partial charge in [0.25, 0.3) is 5.91 Å². The molecule has 0 aliphatic heterocycles. The summed E-state index contributed by atoms with van der Waals surface area (Å²) in [7, 11) is 0. The molecule has 1 aromatic rings. The lowest BCUT2D eigenvalue weighted by molar-refractivity contribution is -0.120. The summed E-state index contributed by atoms with van der Waals surface area (Å²) >= 11 is 1.37. The monoisotopic (exact) mass is 296 g/mol. The van der Waals surface area contributed by atoms with Gasteiger partial charge in [-0.2, -0.15) is 0 Å². The van der Waals surface area contributed by atoms with Crippen LogP contribution in [0.1, 0.15) is 55.6 Å². The number of rotatable bonds is 9. The van der Waals surface area contributed by atoms with Gasteiger partial charge < -0.3 is 10.6 Å². The minimum Gasteiger partial charge on any atom is -0.352 e. The minimum atomic E-state index is -0.189. The van der Waals surface area contributed by atoms with E-state index in [0.717, 1.165) is 12.8 Å². The van der Waals surface area contributed by atoms with Crippen LogP contribution >= 0.6 is 11.3 Å². The second kappa shape index (κ2) is 9.53. The third kappa shape index (κ3) is 6.70. The van der Waals surface area contributed by atoms with Crippen molar-refractivity contribution in [2.75, 3.05) is 6.54 Å². The van der Waals surface area contributed by atoms with Crippen molar-refractivity contribution in [2.24, 2.45) is 0 Å². The van der Waals surface area contributed by atoms with E-state index in [9.17, 15) is 9.59 Å². The number of hydrogen-bond acceptors (Lipinski definition) is 3. The number of unbranched alkanes of at least 4 members (excludes halogenated alkanes) is 3. The first kappa shape index (κ1) is 16.7. The second-order valence-electron chi connectivity index (χ2n) is 4.98. The van der Waals surface area contributed by atoms with Crippen LogP contribution in [0.15, 0.2) is 17.5 Å². The van der Waals surface area contributed by atoms with E-state index in [-0.39, 0.29) is 24.4 Å². The van der Waals surface area contributed by atoms with E-state index in [1.165, 1.54) is 30.6 Å². The van der Waals surface area contributed by atoms with Crippen molar-refractivity contribution in [1.29, 1.82) is 0 Å². The number of thiophene rings is 1. The largest absolute Gasteiger partial charge is 0.352 e. The van der Waals surface area contributed by atoms with Crippen molar-refractivity contribution in [3.8, 4) is 0 Å². The summed E-state index contributed by atoms with van der Waals surface area (Å²) in [4.78, 5) is 24.0. The van der Waals surface area contributed by atoms with Crippen LogP contribution < -0.4 is 10.6 Å². The van der Waals surface area contributed by atoms with Crippen LogP contribution in [0.4, 0.5) is 0 Å². The molecule has 1 aromatic heterocycles. The maximum absolute atomic E-state index is 11.7. The summed E-state index contributed by atoms with van der Waals surface area (Å²) in [5.74, 6) is -0.316. The molecule has 1 atom stereocenters. The zero-order chi connectivity index (χ0) is 14.8. The molecule has 1 unspecified atom stereocenters. The first-order valence-corrected chi connectivity index (χ1v) is 8.12. The Bertz CT molecular complexity index is 404. The first-order valence-electron chi connectivity index (χ1n) is 7.24. The number of amides is 2. The standard InChI is InChI=1S/C15H24N2O2S/c1-3-4-5-6-8-12(2)17-14(18)11-16-15(19)13-9-7-10-20-13/h7,9-10,12H,3-6,8,11H2,1-2H3,(H,16,19)(H,17,18). The Balaban J connectivity index is 2.15. The highest BCUT2D eigenvalue weighted by Gasteiger charge is 2.10. The van der Waals surface area contributed by atoms with Crippen molar-refractivity contribution in [2.45, 2.75) is 52.0 Å². The van der Waals surface area contributed by atoms with Gasteiger partial charge in [0.2, 0.25) is 5.91 Å². The lowest BCUT2D eigenvalue weighted by atomic mass is 10.1. The van der Waals surface area contributed by atoms with Crippen LogP contribution in [0, 0.1) is 0 Å². The molecule has 0 saturated heterocycles. The van der Waals surface area contributed by atoms with Crippen molar-refractivity contribution in [1.82, 2.24) is 10.6 Å². The fourth-order valence-corrected chi connectivity index (χ4v) is 2.57. The van der Waals surface area contributed by atoms with Crippen LogP contribution in [0.2, 0.25) is 0 Å². The molecule has 0 aliphatic rings. The molecule has 20 heavy (non-hydrogen) atoms. The van der Waals surface area contributed by atoms with Crippen LogP contribution in [-0.2, 0) is 4.79 Å². The number of hydrogen-bond donors (Lipinski definition) is 2. The van der Waals surface area contributed by atoms with Gasteiger partial charge in [0.1, 0.15) is 0 Å². The summed E-state index contributed by atoms with van der Waals surface area (Å²) < 4.78 is 0. The van der Waals surface area contributed by atoms with Crippen molar-refractivity contribution >= 4 is 23.2 Å². The van der Waals surface area contributed by atoms with Gasteiger partial charge in [-0.15, -0.1) is 11.3 Å². The Kier molecular flexibility index (Phi) is 7.95. The molecule has 0 bridgehead atoms. The molecule has 2 amide bonds. The van der Waals surface area contributed by atoms with E-state index in [1.807, 2.05) is 18.4 Å². The van der Waals surface area contributed by atoms with E-state index < -0.39 is 0 Å². The summed E-state index contributed by atoms with van der Waals surface area (Å²) in [6, 6.07) is 3.73. The quantitative estimate of drug-likeness (QED) is 0.688. The highest BCUT2D eigenvalue weighted by molar-refractivity contribution is 7.12. The molecule has 0 aliphatic carbocycles. The van der Waals surface area contributed by atoms with Gasteiger partial charge in [-0.3, -0.25) is 9.59 Å². The first-order chi connectivity index (χ1) is 9.63. The Hall–Kier alpha value is -1.36. The molecule has 2 N–H and O–H groups in total. The Morgan fingerprint density at radius 2 is 2.10 bits per heavy atom. The van der Waals surface area contributed by atoms with Gasteiger partial charge >= 0.3 is 0 Å². The maximum Gasteiger partial charge on any atom is 0.261 e. The molecular formula is C15H24N2O2S. The maximum atomic E-state index is 11.7. The summed E-state index contributed by atoms with van der Waals surface area (Å²) in [6.07, 6.45) is 5.81. The predicted octanol–water partition coefficient (Wildman–Crippen LogP) is 2.95. The van der Waals surface area contributed by atoms with E-state index in [4.69, 9.17) is 0 Å². The fraction of sp³-hybridized carbons (Fsp3) is 0.600. The normalized spacial score (nSPS) is 11.9. The summed E-state index contributed by atoms with van der Waals surface area (Å²) in [5, 5.41) is 7.37. The molecule has 1 heterocycles. The van der Waals surface area contributed by atoms with E-state index in [1.54, 1.807) is 6.07 Å². The summed E-state index contributed by atoms with van der Waals surface area (Å²) in [5.41, 5.74) is 0. The molecule has 0 aromatic carbocycles. The molecule has 4 nitrogen and oxygen atoms in total. The SMILES string of the molecule is CCCCCCC(C)NC(=O)CNC(=O)c1cccs1. The van der Waals surface area contributed by atoms with Gasteiger partial charge in [-0.1, -0.05) is 38.7 Å². The molecule has 1 rings (SSSR count). The van der Waals surface area contributed by atoms with Crippen molar-refractivity contribution in [3.63, 3.8) is 0 Å². The molecule has 112 valence electrons. The molecule has 0 saturated carbocycles. The van der Waals surface area contributed by atoms with Crippen LogP contribution in [0.3, 0.4) is 0 Å². The summed E-state index contributed by atoms with van der Waals surface area (Å²) in [6.45, 7) is 4.22. The van der Waals surface area contributed by atoms with Crippen LogP contribution in [-0.4, -0.2) is 24.4 Å². The molecule has 0 fully saturated rings. The van der Waals surface area contributed by atoms with Crippen molar-refractivity contribution in [3.05, 3.63) is 22.4 Å². The van der Waals surface area contributed by atoms with E-state index in [2.05, 4.69) is 17.6 Å². The minimum absolute atomic E-state index is 0.0377. The molecule has 0 spiro atoms. The zero-order valence-corrected chi connectivity index (χ0v) is 13.1. The smallest absolute Gasteiger partial charge is 0.261 e. The van der Waals surface area contributed by atoms with E-state index in [0.29, 0.717) is 4.88 Å². The number of carbonyl (C=O) groups is 2. The topological polar surface area (TPSA) is 58.2 Å². The van der Waals surface area contributed by atoms with Crippen LogP contribution in [0.5, 0.6) is 0 Å². The van der Waals surface area contributed by atoms with Gasteiger partial charge in [-0.25, -0.2) is 0 Å². The molecule has 5 heteroatoms. The van der Waals surface area contributed by atoms with Crippen LogP contribution in [0.25, 0.3) is 0 Å². The predicted molar refractivity (Wildman–Crippen MR) is 83.0 cm³/mol. The molecular weight excluding hydrogens is 272 g/mol. The average molecular weight is 296 g/mol. The number of nitrogens with one attached hydrogen (secondary N) is 2. The fourth-order valence-electron chi connectivity index (χ4n) is 1.93. The Morgan fingerprint density at radius 1 is 1.30 bits per heavy atom. The Morgan fingerprint density at radius 3 is 2.75 bits per heavy atom. The average Bonchev–Trinajstić information content (AvgIpc) is 2.95. The lowest BCUT2D eigenvalue weighted by Gasteiger charge is -2.14. The third-order valence-electron chi connectivity index (χ3n) is 3.05. The molecule has 0 radical (unpaired) electrons.